The van der Waals surface area contributed by atoms with E-state index in [1.165, 1.54) is 11.3 Å². The van der Waals surface area contributed by atoms with Gasteiger partial charge in [0.1, 0.15) is 0 Å². The second-order valence-electron chi connectivity index (χ2n) is 4.38. The van der Waals surface area contributed by atoms with Gasteiger partial charge in [0.05, 0.1) is 5.02 Å². The minimum absolute atomic E-state index is 0.171. The molecule has 0 bridgehead atoms. The fourth-order valence-corrected chi connectivity index (χ4v) is 3.54. The average molecular weight is 322 g/mol. The molecule has 0 unspecified atom stereocenters. The Bertz CT molecular complexity index is 374. The Hall–Kier alpha value is 0.300. The quantitative estimate of drug-likeness (QED) is 0.832. The van der Waals surface area contributed by atoms with Gasteiger partial charge in [-0.15, -0.1) is 11.8 Å². The zero-order chi connectivity index (χ0) is 11.6. The van der Waals surface area contributed by atoms with Gasteiger partial charge >= 0.3 is 0 Å². The van der Waals surface area contributed by atoms with Crippen LogP contribution in [0.1, 0.15) is 19.3 Å². The van der Waals surface area contributed by atoms with E-state index in [-0.39, 0.29) is 5.41 Å². The number of aliphatic hydroxyl groups excluding tert-OH is 1. The third kappa shape index (κ3) is 2.76. The lowest BCUT2D eigenvalue weighted by Gasteiger charge is -2.40. The summed E-state index contributed by atoms with van der Waals surface area (Å²) < 4.78 is 0.930. The van der Waals surface area contributed by atoms with Crippen molar-refractivity contribution >= 4 is 39.3 Å². The highest BCUT2D eigenvalue weighted by Crippen LogP contribution is 2.44. The standard InChI is InChI=1S/C12H14BrClOS/c13-10-3-2-9(6-11(10)14)16-8-12(7-15)4-1-5-12/h2-3,6,15H,1,4-5,7-8H2. The zero-order valence-corrected chi connectivity index (χ0v) is 12.0. The van der Waals surface area contributed by atoms with Crippen LogP contribution in [0.2, 0.25) is 5.02 Å². The summed E-state index contributed by atoms with van der Waals surface area (Å²) in [6, 6.07) is 6.00. The van der Waals surface area contributed by atoms with Gasteiger partial charge in [-0.25, -0.2) is 0 Å². The summed E-state index contributed by atoms with van der Waals surface area (Å²) in [5, 5.41) is 10.1. The van der Waals surface area contributed by atoms with Gasteiger partial charge in [-0.3, -0.25) is 0 Å². The van der Waals surface area contributed by atoms with Crippen molar-refractivity contribution in [1.29, 1.82) is 0 Å². The van der Waals surface area contributed by atoms with Crippen LogP contribution in [0.15, 0.2) is 27.6 Å². The molecule has 4 heteroatoms. The predicted octanol–water partition coefficient (Wildman–Crippen LogP) is 4.36. The molecule has 2 rings (SSSR count). The van der Waals surface area contributed by atoms with Gasteiger partial charge in [-0.05, 0) is 47.0 Å². The van der Waals surface area contributed by atoms with E-state index in [4.69, 9.17) is 11.6 Å². The van der Waals surface area contributed by atoms with Crippen LogP contribution < -0.4 is 0 Å². The maximum absolute atomic E-state index is 9.37. The lowest BCUT2D eigenvalue weighted by atomic mass is 9.71. The van der Waals surface area contributed by atoms with E-state index in [2.05, 4.69) is 22.0 Å². The number of thioether (sulfide) groups is 1. The maximum Gasteiger partial charge on any atom is 0.0559 e. The zero-order valence-electron chi connectivity index (χ0n) is 8.88. The fourth-order valence-electron chi connectivity index (χ4n) is 1.83. The van der Waals surface area contributed by atoms with Gasteiger partial charge in [0.2, 0.25) is 0 Å². The predicted molar refractivity (Wildman–Crippen MR) is 73.2 cm³/mol. The van der Waals surface area contributed by atoms with E-state index in [1.807, 2.05) is 12.1 Å². The van der Waals surface area contributed by atoms with Crippen molar-refractivity contribution < 1.29 is 5.11 Å². The number of aliphatic hydroxyl groups is 1. The van der Waals surface area contributed by atoms with Crippen LogP contribution in [-0.2, 0) is 0 Å². The number of benzene rings is 1. The van der Waals surface area contributed by atoms with E-state index in [1.54, 1.807) is 11.8 Å². The van der Waals surface area contributed by atoms with Gasteiger partial charge in [0.25, 0.3) is 0 Å². The van der Waals surface area contributed by atoms with Crippen LogP contribution in [0.4, 0.5) is 0 Å². The third-order valence-electron chi connectivity index (χ3n) is 3.19. The van der Waals surface area contributed by atoms with Crippen LogP contribution in [0.3, 0.4) is 0 Å². The largest absolute Gasteiger partial charge is 0.396 e. The highest BCUT2D eigenvalue weighted by molar-refractivity contribution is 9.10. The summed E-state index contributed by atoms with van der Waals surface area (Å²) in [7, 11) is 0. The Labute approximate surface area is 114 Å². The molecule has 0 atom stereocenters. The van der Waals surface area contributed by atoms with E-state index < -0.39 is 0 Å². The minimum atomic E-state index is 0.171. The van der Waals surface area contributed by atoms with Gasteiger partial charge in [0, 0.05) is 27.1 Å². The first kappa shape index (κ1) is 12.7. The number of hydrogen-bond acceptors (Lipinski definition) is 2. The van der Waals surface area contributed by atoms with E-state index in [9.17, 15) is 5.11 Å². The lowest BCUT2D eigenvalue weighted by molar-refractivity contribution is 0.0685. The monoisotopic (exact) mass is 320 g/mol. The molecule has 0 heterocycles. The second kappa shape index (κ2) is 5.30. The molecule has 1 fully saturated rings. The first-order valence-electron chi connectivity index (χ1n) is 5.34. The Kier molecular flexibility index (Phi) is 4.22. The van der Waals surface area contributed by atoms with E-state index in [0.29, 0.717) is 6.61 Å². The van der Waals surface area contributed by atoms with Crippen LogP contribution in [0, 0.1) is 5.41 Å². The van der Waals surface area contributed by atoms with Crippen molar-refractivity contribution in [2.24, 2.45) is 5.41 Å². The molecule has 0 aliphatic heterocycles. The topological polar surface area (TPSA) is 20.2 Å². The normalized spacial score (nSPS) is 18.2. The molecule has 0 spiro atoms. The molecule has 0 aromatic heterocycles. The molecule has 1 N–H and O–H groups in total. The molecule has 16 heavy (non-hydrogen) atoms. The van der Waals surface area contributed by atoms with Crippen molar-refractivity contribution in [3.05, 3.63) is 27.7 Å². The first-order valence-corrected chi connectivity index (χ1v) is 7.50. The van der Waals surface area contributed by atoms with E-state index >= 15 is 0 Å². The Morgan fingerprint density at radius 1 is 1.44 bits per heavy atom. The summed E-state index contributed by atoms with van der Waals surface area (Å²) in [6.07, 6.45) is 3.56. The summed E-state index contributed by atoms with van der Waals surface area (Å²) in [5.41, 5.74) is 0.171. The summed E-state index contributed by atoms with van der Waals surface area (Å²) >= 11 is 11.2. The molecule has 88 valence electrons. The molecule has 1 nitrogen and oxygen atoms in total. The summed E-state index contributed by atoms with van der Waals surface area (Å²) in [5.74, 6) is 0.988. The molecule has 1 aromatic carbocycles. The van der Waals surface area contributed by atoms with E-state index in [0.717, 1.165) is 28.1 Å². The van der Waals surface area contributed by atoms with Crippen molar-refractivity contribution in [3.8, 4) is 0 Å². The van der Waals surface area contributed by atoms with Crippen LogP contribution in [0.5, 0.6) is 0 Å². The third-order valence-corrected chi connectivity index (χ3v) is 5.76. The van der Waals surface area contributed by atoms with Crippen LogP contribution in [-0.4, -0.2) is 17.5 Å². The highest BCUT2D eigenvalue weighted by Gasteiger charge is 2.36. The van der Waals surface area contributed by atoms with Crippen LogP contribution >= 0.6 is 39.3 Å². The van der Waals surface area contributed by atoms with Crippen LogP contribution in [0.25, 0.3) is 0 Å². The second-order valence-corrected chi connectivity index (χ2v) is 6.69. The minimum Gasteiger partial charge on any atom is -0.396 e. The fraction of sp³-hybridized carbons (Fsp3) is 0.500. The summed E-state index contributed by atoms with van der Waals surface area (Å²) in [6.45, 7) is 0.310. The molecule has 1 aromatic rings. The van der Waals surface area contributed by atoms with Gasteiger partial charge in [-0.1, -0.05) is 18.0 Å². The smallest absolute Gasteiger partial charge is 0.0559 e. The van der Waals surface area contributed by atoms with Gasteiger partial charge < -0.3 is 5.11 Å². The van der Waals surface area contributed by atoms with Crippen molar-refractivity contribution in [3.63, 3.8) is 0 Å². The number of hydrogen-bond donors (Lipinski definition) is 1. The molecule has 0 amide bonds. The molecule has 0 radical (unpaired) electrons. The lowest BCUT2D eigenvalue weighted by Crippen LogP contribution is -2.35. The molecule has 0 saturated heterocycles. The average Bonchev–Trinajstić information content (AvgIpc) is 2.22. The summed E-state index contributed by atoms with van der Waals surface area (Å²) in [4.78, 5) is 1.17. The van der Waals surface area contributed by atoms with Crippen molar-refractivity contribution in [1.82, 2.24) is 0 Å². The van der Waals surface area contributed by atoms with Crippen molar-refractivity contribution in [2.75, 3.05) is 12.4 Å². The molecule has 1 saturated carbocycles. The van der Waals surface area contributed by atoms with Gasteiger partial charge in [-0.2, -0.15) is 0 Å². The molecular weight excluding hydrogens is 308 g/mol. The SMILES string of the molecule is OCC1(CSc2ccc(Br)c(Cl)c2)CCC1. The number of halogens is 2. The first-order chi connectivity index (χ1) is 7.65. The van der Waals surface area contributed by atoms with Gasteiger partial charge in [0.15, 0.2) is 0 Å². The Morgan fingerprint density at radius 3 is 2.69 bits per heavy atom. The highest BCUT2D eigenvalue weighted by atomic mass is 79.9. The Morgan fingerprint density at radius 2 is 2.19 bits per heavy atom. The molecule has 1 aliphatic rings. The van der Waals surface area contributed by atoms with Crippen molar-refractivity contribution in [2.45, 2.75) is 24.2 Å². The maximum atomic E-state index is 9.37. The number of rotatable bonds is 4. The Balaban J connectivity index is 1.96. The molecule has 1 aliphatic carbocycles. The molecular formula is C12H14BrClOS.